The third-order valence-corrected chi connectivity index (χ3v) is 3.37. The first-order valence-electron chi connectivity index (χ1n) is 6.92. The predicted octanol–water partition coefficient (Wildman–Crippen LogP) is 2.54. The molecule has 0 fully saturated rings. The number of aliphatic imine (C=N–C) groups is 1. The van der Waals surface area contributed by atoms with Crippen LogP contribution in [-0.4, -0.2) is 37.6 Å². The second kappa shape index (κ2) is 10.7. The Balaban J connectivity index is 2.28. The Morgan fingerprint density at radius 3 is 2.68 bits per heavy atom. The summed E-state index contributed by atoms with van der Waals surface area (Å²) in [5.41, 5.74) is 1.35. The van der Waals surface area contributed by atoms with Gasteiger partial charge in [-0.15, -0.1) is 0 Å². The number of thioether (sulfide) groups is 1. The maximum Gasteiger partial charge on any atom is 0.191 e. The Bertz CT molecular complexity index is 352. The number of hydrogen-bond acceptors (Lipinski definition) is 2. The van der Waals surface area contributed by atoms with Crippen molar-refractivity contribution in [3.8, 4) is 0 Å². The Morgan fingerprint density at radius 1 is 1.21 bits per heavy atom. The fraction of sp³-hybridized carbons (Fsp3) is 0.533. The summed E-state index contributed by atoms with van der Waals surface area (Å²) in [7, 11) is 0. The molecule has 0 spiro atoms. The molecule has 0 amide bonds. The lowest BCUT2D eigenvalue weighted by Gasteiger charge is -2.11. The highest BCUT2D eigenvalue weighted by atomic mass is 32.2. The SMILES string of the molecule is CCNC(=NCCCSC)NCCc1ccccc1. The van der Waals surface area contributed by atoms with Crippen LogP contribution < -0.4 is 10.6 Å². The topological polar surface area (TPSA) is 36.4 Å². The summed E-state index contributed by atoms with van der Waals surface area (Å²) in [5.74, 6) is 2.10. The lowest BCUT2D eigenvalue weighted by molar-refractivity contribution is 0.794. The molecule has 0 aliphatic carbocycles. The summed E-state index contributed by atoms with van der Waals surface area (Å²) in [6.45, 7) is 4.80. The molecular formula is C15H25N3S. The summed E-state index contributed by atoms with van der Waals surface area (Å²) in [5, 5.41) is 6.66. The van der Waals surface area contributed by atoms with Crippen molar-refractivity contribution in [2.75, 3.05) is 31.6 Å². The van der Waals surface area contributed by atoms with Gasteiger partial charge in [-0.25, -0.2) is 0 Å². The highest BCUT2D eigenvalue weighted by Crippen LogP contribution is 1.98. The minimum Gasteiger partial charge on any atom is -0.357 e. The molecule has 0 saturated heterocycles. The molecule has 19 heavy (non-hydrogen) atoms. The van der Waals surface area contributed by atoms with Crippen molar-refractivity contribution in [3.63, 3.8) is 0 Å². The van der Waals surface area contributed by atoms with Gasteiger partial charge in [-0.05, 0) is 37.3 Å². The van der Waals surface area contributed by atoms with E-state index in [9.17, 15) is 0 Å². The number of nitrogens with zero attached hydrogens (tertiary/aromatic N) is 1. The summed E-state index contributed by atoms with van der Waals surface area (Å²) in [4.78, 5) is 4.56. The van der Waals surface area contributed by atoms with Gasteiger partial charge in [-0.1, -0.05) is 30.3 Å². The molecule has 3 nitrogen and oxygen atoms in total. The first-order chi connectivity index (χ1) is 9.36. The van der Waals surface area contributed by atoms with Gasteiger partial charge in [0.2, 0.25) is 0 Å². The molecular weight excluding hydrogens is 254 g/mol. The molecule has 2 N–H and O–H groups in total. The van der Waals surface area contributed by atoms with E-state index in [1.54, 1.807) is 0 Å². The molecule has 4 heteroatoms. The average Bonchev–Trinajstić information content (AvgIpc) is 2.44. The lowest BCUT2D eigenvalue weighted by Crippen LogP contribution is -2.38. The number of nitrogens with one attached hydrogen (secondary N) is 2. The highest BCUT2D eigenvalue weighted by Gasteiger charge is 1.97. The lowest BCUT2D eigenvalue weighted by atomic mass is 10.1. The standard InChI is InChI=1S/C15H25N3S/c1-3-16-15(17-11-7-13-19-2)18-12-10-14-8-5-4-6-9-14/h4-6,8-9H,3,7,10-13H2,1-2H3,(H2,16,17,18). The van der Waals surface area contributed by atoms with Crippen molar-refractivity contribution >= 4 is 17.7 Å². The normalized spacial score (nSPS) is 11.4. The van der Waals surface area contributed by atoms with Crippen LogP contribution in [0.3, 0.4) is 0 Å². The maximum atomic E-state index is 4.56. The fourth-order valence-corrected chi connectivity index (χ4v) is 2.13. The molecule has 0 aliphatic rings. The summed E-state index contributed by atoms with van der Waals surface area (Å²) < 4.78 is 0. The second-order valence-electron chi connectivity index (χ2n) is 4.27. The van der Waals surface area contributed by atoms with E-state index < -0.39 is 0 Å². The molecule has 1 rings (SSSR count). The highest BCUT2D eigenvalue weighted by molar-refractivity contribution is 7.98. The molecule has 1 aromatic rings. The van der Waals surface area contributed by atoms with Gasteiger partial charge in [0, 0.05) is 19.6 Å². The fourth-order valence-electron chi connectivity index (χ4n) is 1.71. The van der Waals surface area contributed by atoms with Crippen LogP contribution >= 0.6 is 11.8 Å². The van der Waals surface area contributed by atoms with Gasteiger partial charge in [-0.2, -0.15) is 11.8 Å². The van der Waals surface area contributed by atoms with Crippen molar-refractivity contribution in [2.45, 2.75) is 19.8 Å². The molecule has 0 aliphatic heterocycles. The monoisotopic (exact) mass is 279 g/mol. The van der Waals surface area contributed by atoms with Crippen molar-refractivity contribution < 1.29 is 0 Å². The van der Waals surface area contributed by atoms with Gasteiger partial charge < -0.3 is 10.6 Å². The Labute approximate surface area is 121 Å². The van der Waals surface area contributed by atoms with E-state index in [-0.39, 0.29) is 0 Å². The smallest absolute Gasteiger partial charge is 0.191 e. The predicted molar refractivity (Wildman–Crippen MR) is 87.1 cm³/mol. The molecule has 0 bridgehead atoms. The third-order valence-electron chi connectivity index (χ3n) is 2.67. The third kappa shape index (κ3) is 7.78. The van der Waals surface area contributed by atoms with Crippen molar-refractivity contribution in [1.82, 2.24) is 10.6 Å². The first-order valence-corrected chi connectivity index (χ1v) is 8.31. The van der Waals surface area contributed by atoms with E-state index in [1.165, 1.54) is 11.3 Å². The van der Waals surface area contributed by atoms with Gasteiger partial charge in [0.05, 0.1) is 0 Å². The van der Waals surface area contributed by atoms with Crippen LogP contribution in [0.1, 0.15) is 18.9 Å². The zero-order valence-electron chi connectivity index (χ0n) is 12.0. The van der Waals surface area contributed by atoms with E-state index in [2.05, 4.69) is 53.1 Å². The van der Waals surface area contributed by atoms with E-state index in [1.807, 2.05) is 17.8 Å². The van der Waals surface area contributed by atoms with Crippen LogP contribution in [0, 0.1) is 0 Å². The zero-order valence-corrected chi connectivity index (χ0v) is 12.8. The maximum absolute atomic E-state index is 4.56. The summed E-state index contributed by atoms with van der Waals surface area (Å²) >= 11 is 1.87. The van der Waals surface area contributed by atoms with Gasteiger partial charge in [0.1, 0.15) is 0 Å². The minimum atomic E-state index is 0.890. The molecule has 1 aromatic carbocycles. The largest absolute Gasteiger partial charge is 0.357 e. The zero-order chi connectivity index (χ0) is 13.8. The average molecular weight is 279 g/mol. The number of benzene rings is 1. The molecule has 0 radical (unpaired) electrons. The number of guanidine groups is 1. The minimum absolute atomic E-state index is 0.890. The van der Waals surface area contributed by atoms with Crippen LogP contribution in [0.2, 0.25) is 0 Å². The summed E-state index contributed by atoms with van der Waals surface area (Å²) in [6.07, 6.45) is 4.29. The van der Waals surface area contributed by atoms with Crippen LogP contribution in [0.5, 0.6) is 0 Å². The van der Waals surface area contributed by atoms with Crippen molar-refractivity contribution in [1.29, 1.82) is 0 Å². The van der Waals surface area contributed by atoms with E-state index in [4.69, 9.17) is 0 Å². The Kier molecular flexibility index (Phi) is 8.98. The molecule has 0 atom stereocenters. The molecule has 0 saturated carbocycles. The quantitative estimate of drug-likeness (QED) is 0.436. The van der Waals surface area contributed by atoms with Crippen LogP contribution in [-0.2, 0) is 6.42 Å². The molecule has 0 heterocycles. The van der Waals surface area contributed by atoms with Gasteiger partial charge >= 0.3 is 0 Å². The van der Waals surface area contributed by atoms with E-state index >= 15 is 0 Å². The second-order valence-corrected chi connectivity index (χ2v) is 5.25. The summed E-state index contributed by atoms with van der Waals surface area (Å²) in [6, 6.07) is 10.5. The van der Waals surface area contributed by atoms with Crippen LogP contribution in [0.25, 0.3) is 0 Å². The van der Waals surface area contributed by atoms with Crippen LogP contribution in [0.4, 0.5) is 0 Å². The number of hydrogen-bond donors (Lipinski definition) is 2. The van der Waals surface area contributed by atoms with Crippen molar-refractivity contribution in [2.24, 2.45) is 4.99 Å². The number of rotatable bonds is 8. The first kappa shape index (κ1) is 15.9. The van der Waals surface area contributed by atoms with E-state index in [0.717, 1.165) is 38.4 Å². The van der Waals surface area contributed by atoms with Gasteiger partial charge in [0.15, 0.2) is 5.96 Å². The van der Waals surface area contributed by atoms with Crippen LogP contribution in [0.15, 0.2) is 35.3 Å². The molecule has 0 aromatic heterocycles. The Morgan fingerprint density at radius 2 is 2.00 bits per heavy atom. The molecule has 106 valence electrons. The van der Waals surface area contributed by atoms with E-state index in [0.29, 0.717) is 0 Å². The van der Waals surface area contributed by atoms with Gasteiger partial charge in [0.25, 0.3) is 0 Å². The molecule has 0 unspecified atom stereocenters. The Hall–Kier alpha value is -1.16. The van der Waals surface area contributed by atoms with Gasteiger partial charge in [-0.3, -0.25) is 4.99 Å². The van der Waals surface area contributed by atoms with Crippen molar-refractivity contribution in [3.05, 3.63) is 35.9 Å².